The van der Waals surface area contributed by atoms with Crippen molar-refractivity contribution in [1.29, 1.82) is 0 Å². The highest BCUT2D eigenvalue weighted by Crippen LogP contribution is 2.15. The predicted octanol–water partition coefficient (Wildman–Crippen LogP) is 1.73. The van der Waals surface area contributed by atoms with Gasteiger partial charge in [0.15, 0.2) is 11.5 Å². The van der Waals surface area contributed by atoms with Crippen molar-refractivity contribution in [3.05, 3.63) is 53.9 Å². The molecule has 2 aromatic heterocycles. The van der Waals surface area contributed by atoms with Crippen LogP contribution < -0.4 is 10.2 Å². The Labute approximate surface area is 176 Å². The molecule has 1 saturated heterocycles. The Morgan fingerprint density at radius 2 is 1.83 bits per heavy atom. The van der Waals surface area contributed by atoms with E-state index in [0.717, 1.165) is 32.0 Å². The SMILES string of the molecule is C[C@@H](CNC(=O)CCc1nnc2ccc(N3CCN(C)CC3)nn12)c1ccccc1. The van der Waals surface area contributed by atoms with E-state index in [1.54, 1.807) is 4.52 Å². The molecule has 158 valence electrons. The van der Waals surface area contributed by atoms with Crippen molar-refractivity contribution >= 4 is 17.4 Å². The maximum atomic E-state index is 12.4. The summed E-state index contributed by atoms with van der Waals surface area (Å²) in [6.07, 6.45) is 0.870. The molecule has 1 fully saturated rings. The molecule has 8 nitrogen and oxygen atoms in total. The van der Waals surface area contributed by atoms with Crippen LogP contribution in [0.1, 0.15) is 30.7 Å². The van der Waals surface area contributed by atoms with Crippen LogP contribution in [0.5, 0.6) is 0 Å². The minimum absolute atomic E-state index is 0.0183. The summed E-state index contributed by atoms with van der Waals surface area (Å²) in [6.45, 7) is 6.69. The fraction of sp³-hybridized carbons (Fsp3) is 0.455. The summed E-state index contributed by atoms with van der Waals surface area (Å²) in [5.74, 6) is 1.94. The van der Waals surface area contributed by atoms with Gasteiger partial charge in [0.2, 0.25) is 5.91 Å². The smallest absolute Gasteiger partial charge is 0.220 e. The second-order valence-electron chi connectivity index (χ2n) is 7.98. The van der Waals surface area contributed by atoms with Crippen molar-refractivity contribution in [3.8, 4) is 0 Å². The Bertz CT molecular complexity index is 980. The molecule has 1 amide bonds. The number of carbonyl (C=O) groups is 1. The molecule has 0 saturated carbocycles. The van der Waals surface area contributed by atoms with E-state index in [1.165, 1.54) is 5.56 Å². The molecule has 1 N–H and O–H groups in total. The summed E-state index contributed by atoms with van der Waals surface area (Å²) in [6, 6.07) is 14.2. The number of benzene rings is 1. The number of aromatic nitrogens is 4. The molecule has 0 unspecified atom stereocenters. The van der Waals surface area contributed by atoms with Gasteiger partial charge in [-0.2, -0.15) is 4.52 Å². The van der Waals surface area contributed by atoms with Crippen LogP contribution in [0.2, 0.25) is 0 Å². The van der Waals surface area contributed by atoms with Gasteiger partial charge in [-0.3, -0.25) is 4.79 Å². The van der Waals surface area contributed by atoms with Gasteiger partial charge < -0.3 is 15.1 Å². The van der Waals surface area contributed by atoms with Gasteiger partial charge in [-0.05, 0) is 30.7 Å². The number of nitrogens with one attached hydrogen (secondary N) is 1. The molecule has 0 bridgehead atoms. The third-order valence-corrected chi connectivity index (χ3v) is 5.69. The molecular weight excluding hydrogens is 378 g/mol. The fourth-order valence-electron chi connectivity index (χ4n) is 3.66. The standard InChI is InChI=1S/C22H29N7O/c1-17(18-6-4-3-5-7-18)16-23-22(30)11-10-20-25-24-19-8-9-21(26-29(19)20)28-14-12-27(2)13-15-28/h3-9,17H,10-16H2,1-2H3,(H,23,30)/t17-/m0/s1. The average molecular weight is 408 g/mol. The number of nitrogens with zero attached hydrogens (tertiary/aromatic N) is 6. The summed E-state index contributed by atoms with van der Waals surface area (Å²) < 4.78 is 1.77. The minimum atomic E-state index is 0.0183. The molecular formula is C22H29N7O. The fourth-order valence-corrected chi connectivity index (χ4v) is 3.66. The van der Waals surface area contributed by atoms with E-state index in [-0.39, 0.29) is 11.8 Å². The molecule has 0 spiro atoms. The summed E-state index contributed by atoms with van der Waals surface area (Å²) in [5.41, 5.74) is 1.93. The van der Waals surface area contributed by atoms with Gasteiger partial charge in [0.25, 0.3) is 0 Å². The van der Waals surface area contributed by atoms with Crippen LogP contribution >= 0.6 is 0 Å². The number of fused-ring (bicyclic) bond motifs is 1. The number of amides is 1. The van der Waals surface area contributed by atoms with Gasteiger partial charge in [0.05, 0.1) is 0 Å². The second-order valence-corrected chi connectivity index (χ2v) is 7.98. The van der Waals surface area contributed by atoms with E-state index < -0.39 is 0 Å². The van der Waals surface area contributed by atoms with Gasteiger partial charge in [-0.25, -0.2) is 0 Å². The first-order chi connectivity index (χ1) is 14.6. The zero-order chi connectivity index (χ0) is 20.9. The number of piperazine rings is 1. The summed E-state index contributed by atoms with van der Waals surface area (Å²) in [5, 5.41) is 16.2. The highest BCUT2D eigenvalue weighted by molar-refractivity contribution is 5.76. The molecule has 30 heavy (non-hydrogen) atoms. The molecule has 0 radical (unpaired) electrons. The lowest BCUT2D eigenvalue weighted by molar-refractivity contribution is -0.121. The van der Waals surface area contributed by atoms with Crippen LogP contribution in [-0.4, -0.2) is 70.4 Å². The lowest BCUT2D eigenvalue weighted by Crippen LogP contribution is -2.45. The van der Waals surface area contributed by atoms with Crippen LogP contribution in [-0.2, 0) is 11.2 Å². The van der Waals surface area contributed by atoms with E-state index in [9.17, 15) is 4.79 Å². The summed E-state index contributed by atoms with van der Waals surface area (Å²) in [7, 11) is 2.14. The van der Waals surface area contributed by atoms with Gasteiger partial charge in [0, 0.05) is 45.6 Å². The van der Waals surface area contributed by atoms with Crippen molar-refractivity contribution in [1.82, 2.24) is 30.0 Å². The third-order valence-electron chi connectivity index (χ3n) is 5.69. The highest BCUT2D eigenvalue weighted by atomic mass is 16.1. The number of hydrogen-bond donors (Lipinski definition) is 1. The topological polar surface area (TPSA) is 78.7 Å². The highest BCUT2D eigenvalue weighted by Gasteiger charge is 2.17. The van der Waals surface area contributed by atoms with Crippen LogP contribution in [0.15, 0.2) is 42.5 Å². The summed E-state index contributed by atoms with van der Waals surface area (Å²) >= 11 is 0. The van der Waals surface area contributed by atoms with Crippen molar-refractivity contribution in [3.63, 3.8) is 0 Å². The maximum Gasteiger partial charge on any atom is 0.220 e. The molecule has 0 aliphatic carbocycles. The Balaban J connectivity index is 1.34. The van der Waals surface area contributed by atoms with E-state index in [1.807, 2.05) is 30.3 Å². The Morgan fingerprint density at radius 3 is 2.60 bits per heavy atom. The second kappa shape index (κ2) is 9.21. The molecule has 4 rings (SSSR count). The predicted molar refractivity (Wildman–Crippen MR) is 117 cm³/mol. The first kappa shape index (κ1) is 20.3. The normalized spacial score (nSPS) is 16.0. The van der Waals surface area contributed by atoms with Crippen LogP contribution in [0.4, 0.5) is 5.82 Å². The molecule has 1 atom stereocenters. The molecule has 3 heterocycles. The van der Waals surface area contributed by atoms with E-state index in [0.29, 0.717) is 30.9 Å². The first-order valence-electron chi connectivity index (χ1n) is 10.6. The number of carbonyl (C=O) groups excluding carboxylic acids is 1. The van der Waals surface area contributed by atoms with E-state index >= 15 is 0 Å². The zero-order valence-corrected chi connectivity index (χ0v) is 17.7. The van der Waals surface area contributed by atoms with Crippen LogP contribution in [0.25, 0.3) is 5.65 Å². The van der Waals surface area contributed by atoms with Gasteiger partial charge in [-0.15, -0.1) is 15.3 Å². The first-order valence-corrected chi connectivity index (χ1v) is 10.6. The lowest BCUT2D eigenvalue weighted by atomic mass is 10.0. The van der Waals surface area contributed by atoms with Gasteiger partial charge >= 0.3 is 0 Å². The van der Waals surface area contributed by atoms with E-state index in [4.69, 9.17) is 5.10 Å². The number of aryl methyl sites for hydroxylation is 1. The number of likely N-dealkylation sites (N-methyl/N-ethyl adjacent to an activating group) is 1. The molecule has 1 aliphatic rings. The van der Waals surface area contributed by atoms with Gasteiger partial charge in [0.1, 0.15) is 5.82 Å². The summed E-state index contributed by atoms with van der Waals surface area (Å²) in [4.78, 5) is 16.9. The Morgan fingerprint density at radius 1 is 1.07 bits per heavy atom. The molecule has 1 aromatic carbocycles. The van der Waals surface area contributed by atoms with Crippen molar-refractivity contribution in [2.75, 3.05) is 44.7 Å². The molecule has 1 aliphatic heterocycles. The zero-order valence-electron chi connectivity index (χ0n) is 17.7. The van der Waals surface area contributed by atoms with Gasteiger partial charge in [-0.1, -0.05) is 37.3 Å². The van der Waals surface area contributed by atoms with Crippen molar-refractivity contribution in [2.24, 2.45) is 0 Å². The quantitative estimate of drug-likeness (QED) is 0.643. The monoisotopic (exact) mass is 407 g/mol. The van der Waals surface area contributed by atoms with Crippen molar-refractivity contribution < 1.29 is 4.79 Å². The number of hydrogen-bond acceptors (Lipinski definition) is 6. The molecule has 3 aromatic rings. The number of rotatable bonds is 7. The third kappa shape index (κ3) is 4.76. The van der Waals surface area contributed by atoms with Crippen LogP contribution in [0.3, 0.4) is 0 Å². The Kier molecular flexibility index (Phi) is 6.23. The molecule has 8 heteroatoms. The Hall–Kier alpha value is -3.00. The largest absolute Gasteiger partial charge is 0.355 e. The maximum absolute atomic E-state index is 12.4. The van der Waals surface area contributed by atoms with E-state index in [2.05, 4.69) is 51.4 Å². The minimum Gasteiger partial charge on any atom is -0.355 e. The lowest BCUT2D eigenvalue weighted by Gasteiger charge is -2.33. The van der Waals surface area contributed by atoms with Crippen molar-refractivity contribution in [2.45, 2.75) is 25.7 Å². The van der Waals surface area contributed by atoms with Crippen LogP contribution in [0, 0.1) is 0 Å². The average Bonchev–Trinajstić information content (AvgIpc) is 3.19. The number of anilines is 1.